The molecule has 0 bridgehead atoms. The third kappa shape index (κ3) is 27.7. The summed E-state index contributed by atoms with van der Waals surface area (Å²) in [6.45, 7) is 31.2. The molecule has 7 aliphatic rings. The minimum absolute atomic E-state index is 0. The van der Waals surface area contributed by atoms with Crippen molar-refractivity contribution in [3.63, 3.8) is 0 Å². The first-order valence-electron chi connectivity index (χ1n) is 46.2. The predicted molar refractivity (Wildman–Crippen MR) is 525 cm³/mol. The van der Waals surface area contributed by atoms with Crippen LogP contribution in [0.25, 0.3) is 21.8 Å². The Morgan fingerprint density at radius 2 is 1.03 bits per heavy atom. The van der Waals surface area contributed by atoms with Gasteiger partial charge < -0.3 is 93.3 Å². The van der Waals surface area contributed by atoms with Crippen molar-refractivity contribution in [2.75, 3.05) is 75.6 Å². The van der Waals surface area contributed by atoms with Crippen LogP contribution in [0.15, 0.2) is 151 Å². The summed E-state index contributed by atoms with van der Waals surface area (Å²) < 4.78 is 58.1. The first-order chi connectivity index (χ1) is 64.6. The Morgan fingerprint density at radius 1 is 0.569 bits per heavy atom. The molecule has 0 unspecified atom stereocenters. The predicted octanol–water partition coefficient (Wildman–Crippen LogP) is 13.3. The number of carbonyl (C=O) groups excluding carboxylic acids is 11. The van der Waals surface area contributed by atoms with Gasteiger partial charge in [0.1, 0.15) is 76.5 Å². The van der Waals surface area contributed by atoms with E-state index in [4.69, 9.17) is 47.4 Å². The number of nitrogens with one attached hydrogen (secondary N) is 5. The average Bonchev–Trinajstić information content (AvgIpc) is 1.59. The highest BCUT2D eigenvalue weighted by Crippen LogP contribution is 2.48. The summed E-state index contributed by atoms with van der Waals surface area (Å²) in [5.41, 5.74) is -0.965. The Labute approximate surface area is 804 Å². The van der Waals surface area contributed by atoms with Crippen molar-refractivity contribution < 1.29 is 110 Å². The van der Waals surface area contributed by atoms with Crippen LogP contribution >= 0.6 is 7.92 Å². The molecular formula is C103H137N8O24PSi. The summed E-state index contributed by atoms with van der Waals surface area (Å²) in [5.74, 6) is -3.93. The first kappa shape index (κ1) is 109. The summed E-state index contributed by atoms with van der Waals surface area (Å²) in [6, 6.07) is 35.5. The number of benzene rings is 5. The Hall–Kier alpha value is -12.1. The molecule has 742 valence electrons. The third-order valence-electron chi connectivity index (χ3n) is 25.2. The molecule has 7 fully saturated rings. The largest absolute Gasteiger partial charge is 0.496 e. The molecule has 4 aliphatic carbocycles. The number of hydrogen-bond acceptors (Lipinski definition) is 25. The maximum absolute atomic E-state index is 14.5. The van der Waals surface area contributed by atoms with E-state index in [9.17, 15) is 62.6 Å². The number of fused-ring (bicyclic) bond motifs is 2. The van der Waals surface area contributed by atoms with Crippen LogP contribution in [0, 0.1) is 36.5 Å². The van der Waals surface area contributed by atoms with Gasteiger partial charge in [0.05, 0.1) is 78.5 Å². The molecule has 32 nitrogen and oxygen atoms in total. The fourth-order valence-corrected chi connectivity index (χ4v) is 20.3. The number of alkyl carbamates (subject to hydrolysis) is 2. The normalized spacial score (nSPS) is 20.8. The van der Waals surface area contributed by atoms with Gasteiger partial charge in [-0.2, -0.15) is 0 Å². The number of nitrogens with zero attached hydrogens (tertiary/aromatic N) is 3. The van der Waals surface area contributed by atoms with Gasteiger partial charge in [0.2, 0.25) is 23.6 Å². The molecule has 137 heavy (non-hydrogen) atoms. The van der Waals surface area contributed by atoms with Gasteiger partial charge in [-0.3, -0.25) is 24.0 Å². The molecule has 2 aromatic heterocycles. The molecule has 3 saturated heterocycles. The number of aliphatic hydroxyl groups is 1. The molecule has 5 heterocycles. The van der Waals surface area contributed by atoms with E-state index < -0.39 is 134 Å². The number of esters is 5. The molecule has 7 aromatic rings. The van der Waals surface area contributed by atoms with Gasteiger partial charge in [0.15, 0.2) is 11.1 Å². The lowest BCUT2D eigenvalue weighted by Crippen LogP contribution is -2.59. The molecule has 0 radical (unpaired) electrons. The summed E-state index contributed by atoms with van der Waals surface area (Å²) in [6.07, 6.45) is 10.1. The zero-order chi connectivity index (χ0) is 99.3. The second kappa shape index (κ2) is 48.3. The monoisotopic (exact) mass is 1930 g/mol. The van der Waals surface area contributed by atoms with E-state index in [-0.39, 0.29) is 85.9 Å². The summed E-state index contributed by atoms with van der Waals surface area (Å²) in [7, 11) is 6.24. The minimum atomic E-state index is -1.30. The fraction of sp³-hybridized carbons (Fsp3) is 0.505. The Balaban J connectivity index is 0.000000212. The Bertz CT molecular complexity index is 5450. The van der Waals surface area contributed by atoms with Crippen molar-refractivity contribution >= 4 is 119 Å². The van der Waals surface area contributed by atoms with Gasteiger partial charge in [-0.05, 0) is 168 Å². The van der Waals surface area contributed by atoms with Gasteiger partial charge in [-0.1, -0.05) is 154 Å². The SMILES string of the molecule is C.C1CCOC1.C=C[C@@H]1C[C@]1(NC(=O)[C@@H]1C[C@@H](Oc2cc(C(=O)OC)nc3c(C)c(OC)ccc23)CN1C(=O)[C@@H](NC(=O)OC1CCCC1)C(C)(C)C)C(=O)OC.C=C[C@@H]1C[C@]1(NC(=O)[C@@H]1C[C@H](O)CN1C(=O)[C@H](NC(=O)OC1CCCC1)C(C)(C)C)C(=O)OC.COC(=O)c1cc(=O)c2ccc(OC)c(C)c2[nH]1.C[Si](C)(C)CCOC(=O)c1ccc(P(c2ccccc2)c2ccccc2)cc1. The number of amides is 6. The number of methoxy groups -OCH3 is 6. The number of H-pyrrole nitrogens is 1. The van der Waals surface area contributed by atoms with Gasteiger partial charge >= 0.3 is 42.0 Å². The molecule has 10 atom stereocenters. The van der Waals surface area contributed by atoms with E-state index in [1.807, 2.05) is 52.0 Å². The van der Waals surface area contributed by atoms with Crippen LogP contribution in [-0.4, -0.2) is 234 Å². The van der Waals surface area contributed by atoms with Gasteiger partial charge in [-0.25, -0.2) is 38.5 Å². The van der Waals surface area contributed by atoms with Crippen LogP contribution in [-0.2, 0) is 66.7 Å². The van der Waals surface area contributed by atoms with E-state index >= 15 is 0 Å². The van der Waals surface area contributed by atoms with Crippen LogP contribution in [0.1, 0.15) is 181 Å². The highest BCUT2D eigenvalue weighted by Gasteiger charge is 2.63. The van der Waals surface area contributed by atoms with Crippen molar-refractivity contribution in [3.8, 4) is 17.2 Å². The third-order valence-corrected chi connectivity index (χ3v) is 29.4. The summed E-state index contributed by atoms with van der Waals surface area (Å²) in [5, 5.41) is 26.3. The maximum atomic E-state index is 14.5. The van der Waals surface area contributed by atoms with Crippen LogP contribution < -0.4 is 56.8 Å². The molecule has 6 amide bonds. The van der Waals surface area contributed by atoms with Crippen LogP contribution in [0.3, 0.4) is 0 Å². The van der Waals surface area contributed by atoms with E-state index in [1.54, 1.807) is 71.2 Å². The van der Waals surface area contributed by atoms with E-state index in [1.165, 1.54) is 86.2 Å². The van der Waals surface area contributed by atoms with Crippen LogP contribution in [0.5, 0.6) is 17.2 Å². The molecular weight excluding hydrogens is 1790 g/mol. The summed E-state index contributed by atoms with van der Waals surface area (Å²) >= 11 is 0. The Morgan fingerprint density at radius 3 is 1.46 bits per heavy atom. The number of aliphatic hydroxyl groups excluding tert-OH is 1. The number of likely N-dealkylation sites (tertiary alicyclic amines) is 2. The van der Waals surface area contributed by atoms with Crippen molar-refractivity contribution in [1.82, 2.24) is 41.0 Å². The highest BCUT2D eigenvalue weighted by molar-refractivity contribution is 7.79. The van der Waals surface area contributed by atoms with Crippen molar-refractivity contribution in [2.45, 2.75) is 238 Å². The average molecular weight is 1930 g/mol. The number of aromatic nitrogens is 2. The van der Waals surface area contributed by atoms with E-state index in [0.717, 1.165) is 76.2 Å². The number of pyridine rings is 2. The van der Waals surface area contributed by atoms with E-state index in [2.05, 4.69) is 129 Å². The minimum Gasteiger partial charge on any atom is -0.496 e. The summed E-state index contributed by atoms with van der Waals surface area (Å²) in [4.78, 5) is 165. The number of β-amino-alcohol motifs (C(OH)–C–C–N with tert-alkyl or cyclic N) is 1. The first-order valence-corrected chi connectivity index (χ1v) is 51.2. The van der Waals surface area contributed by atoms with Crippen LogP contribution in [0.4, 0.5) is 9.59 Å². The number of ether oxygens (including phenoxy) is 11. The van der Waals surface area contributed by atoms with Gasteiger partial charge in [0, 0.05) is 86.5 Å². The molecule has 34 heteroatoms. The number of hydrogen-bond donors (Lipinski definition) is 6. The zero-order valence-corrected chi connectivity index (χ0v) is 83.1. The molecule has 3 aliphatic heterocycles. The van der Waals surface area contributed by atoms with Crippen molar-refractivity contribution in [3.05, 3.63) is 185 Å². The Kier molecular flexibility index (Phi) is 38.3. The number of aryl methyl sites for hydroxylation is 2. The molecule has 0 spiro atoms. The van der Waals surface area contributed by atoms with Crippen LogP contribution in [0.2, 0.25) is 25.7 Å². The maximum Gasteiger partial charge on any atom is 0.408 e. The molecule has 14 rings (SSSR count). The number of carbonyl (C=O) groups is 11. The second-order valence-corrected chi connectivity index (χ2v) is 46.2. The van der Waals surface area contributed by atoms with Gasteiger partial charge in [-0.15, -0.1) is 13.2 Å². The van der Waals surface area contributed by atoms with Crippen molar-refractivity contribution in [1.29, 1.82) is 0 Å². The number of rotatable bonds is 27. The fourth-order valence-electron chi connectivity index (χ4n) is 17.3. The molecule has 4 saturated carbocycles. The zero-order valence-electron chi connectivity index (χ0n) is 81.2. The standard InChI is InChI=1S/C37H48N4O10.C24H37N3O7.C24H27O2PSi.C13H13NO4.C4H8O.CH4/c1-9-21-18-37(21,34(45)49-8)40-31(42)26-16-23(19-41(26)32(43)30(36(3,4)5)39-35(46)51-22-12-10-11-13-22)50-28-17-25(33(44)48-7)38-29-20(2)27(47-6)15-14-24(28)29;1-6-14-12-24(14,21(31)33-5)26-19(29)17-11-15(28)13-27(17)20(30)18(23(2,3)4)25-22(32)34-16-9-7-8-10-16;1-28(2,3)19-18-26-24(25)20-14-16-23(17-15-20)27(21-10-6-4-7-11-21)22-12-8-5-9-13-22;1-7-11(17-2)5-4-8-10(15)6-9(13(16)18-3)14-12(7)8;1-2-4-5-3-1;/h9,14-15,17,21-23,26,30H,1,10-13,16,18-19H2,2-8H3,(H,39,46)(H,40,42);6,14-18,28H,1,7-13H2,2-5H3,(H,25,32)(H,26,29);4-17H,18-19H2,1-3H3;4-6H,1-3H3,(H,14,15);1-4H2;1H4/t21-,23-,26+,30-,37-;14-,15+,17+,18+,24-;;;;/m11..../s1. The lowest BCUT2D eigenvalue weighted by Gasteiger charge is -2.35. The lowest BCUT2D eigenvalue weighted by atomic mass is 9.85. The second-order valence-electron chi connectivity index (χ2n) is 38.3. The van der Waals surface area contributed by atoms with Gasteiger partial charge in [0.25, 0.3) is 0 Å². The smallest absolute Gasteiger partial charge is 0.408 e. The molecule has 6 N–H and O–H groups in total. The quantitative estimate of drug-likeness (QED) is 0.00915. The topological polar surface area (TPSA) is 410 Å². The van der Waals surface area contributed by atoms with E-state index in [0.29, 0.717) is 63.9 Å². The highest BCUT2D eigenvalue weighted by atomic mass is 31.1. The van der Waals surface area contributed by atoms with Crippen molar-refractivity contribution in [2.24, 2.45) is 22.7 Å². The number of aromatic amines is 1. The lowest BCUT2D eigenvalue weighted by molar-refractivity contribution is -0.149. The molecule has 5 aromatic carbocycles.